The van der Waals surface area contributed by atoms with Crippen molar-refractivity contribution in [2.45, 2.75) is 30.8 Å². The Balaban J connectivity index is 1.81. The fourth-order valence-corrected chi connectivity index (χ4v) is 3.42. The lowest BCUT2D eigenvalue weighted by Crippen LogP contribution is -2.42. The Morgan fingerprint density at radius 3 is 2.58 bits per heavy atom. The third-order valence-corrected chi connectivity index (χ3v) is 4.91. The van der Waals surface area contributed by atoms with E-state index in [0.717, 1.165) is 12.1 Å². The fourth-order valence-electron chi connectivity index (χ4n) is 3.42. The van der Waals surface area contributed by atoms with E-state index in [1.165, 1.54) is 12.3 Å². The summed E-state index contributed by atoms with van der Waals surface area (Å²) in [4.78, 5) is 9.52. The molecule has 1 aliphatic rings. The van der Waals surface area contributed by atoms with Crippen LogP contribution in [0.2, 0.25) is 0 Å². The number of nitrogens with zero attached hydrogens (tertiary/aromatic N) is 3. The predicted octanol–water partition coefficient (Wildman–Crippen LogP) is 0.617. The third-order valence-electron chi connectivity index (χ3n) is 4.91. The molecule has 9 heteroatoms. The summed E-state index contributed by atoms with van der Waals surface area (Å²) in [6.07, 6.45) is -1.99. The molecule has 0 spiro atoms. The smallest absolute Gasteiger partial charge is 0.221 e. The number of likely N-dealkylation sites (N-methyl/N-ethyl adjacent to an activating group) is 1. The summed E-state index contributed by atoms with van der Waals surface area (Å²) in [6.45, 7) is 0. The van der Waals surface area contributed by atoms with E-state index in [9.17, 15) is 24.1 Å². The van der Waals surface area contributed by atoms with Gasteiger partial charge < -0.3 is 26.0 Å². The van der Waals surface area contributed by atoms with Crippen molar-refractivity contribution in [3.05, 3.63) is 47.7 Å². The molecule has 2 aromatic rings. The molecule has 1 aromatic heterocycles. The number of benzene rings is 1. The monoisotopic (exact) mass is 366 g/mol. The number of hydrogen-bond acceptors (Lipinski definition) is 7. The van der Waals surface area contributed by atoms with Crippen LogP contribution >= 0.6 is 0 Å². The van der Waals surface area contributed by atoms with Crippen LogP contribution in [0.5, 0.6) is 0 Å². The molecule has 0 aliphatic heterocycles. The molecule has 5 N–H and O–H groups in total. The van der Waals surface area contributed by atoms with E-state index >= 15 is 0 Å². The molecule has 140 valence electrons. The number of halogens is 2. The van der Waals surface area contributed by atoms with Crippen LogP contribution in [0.15, 0.2) is 30.5 Å². The molecule has 3 rings (SSSR count). The van der Waals surface area contributed by atoms with E-state index in [-0.39, 0.29) is 17.9 Å². The highest BCUT2D eigenvalue weighted by Crippen LogP contribution is 2.39. The average molecular weight is 366 g/mol. The summed E-state index contributed by atoms with van der Waals surface area (Å²) in [5.41, 5.74) is 5.70. The van der Waals surface area contributed by atoms with Gasteiger partial charge in [0.1, 0.15) is 11.9 Å². The maximum absolute atomic E-state index is 13.4. The van der Waals surface area contributed by atoms with Crippen molar-refractivity contribution in [1.82, 2.24) is 9.97 Å². The molecule has 0 radical (unpaired) electrons. The number of rotatable bonds is 4. The van der Waals surface area contributed by atoms with Gasteiger partial charge in [0.05, 0.1) is 18.2 Å². The number of aliphatic hydroxyl groups excluding tert-OH is 3. The first-order valence-electron chi connectivity index (χ1n) is 8.10. The summed E-state index contributed by atoms with van der Waals surface area (Å²) in [6, 6.07) is 4.11. The second-order valence-corrected chi connectivity index (χ2v) is 6.45. The zero-order valence-corrected chi connectivity index (χ0v) is 14.0. The molecule has 7 nitrogen and oxygen atoms in total. The first-order valence-corrected chi connectivity index (χ1v) is 8.10. The van der Waals surface area contributed by atoms with Gasteiger partial charge in [-0.15, -0.1) is 0 Å². The van der Waals surface area contributed by atoms with Crippen molar-refractivity contribution < 1.29 is 24.1 Å². The van der Waals surface area contributed by atoms with Crippen LogP contribution in [0, 0.1) is 17.6 Å². The zero-order valence-electron chi connectivity index (χ0n) is 14.0. The average Bonchev–Trinajstić information content (AvgIpc) is 2.91. The second-order valence-electron chi connectivity index (χ2n) is 6.45. The van der Waals surface area contributed by atoms with Gasteiger partial charge >= 0.3 is 0 Å². The van der Waals surface area contributed by atoms with E-state index in [1.54, 1.807) is 18.0 Å². The molecule has 0 saturated heterocycles. The molecule has 1 heterocycles. The molecular formula is C17H20F2N4O3. The van der Waals surface area contributed by atoms with Gasteiger partial charge in [-0.05, 0) is 30.2 Å². The van der Waals surface area contributed by atoms with Crippen LogP contribution in [-0.2, 0) is 0 Å². The topological polar surface area (TPSA) is 116 Å². The lowest BCUT2D eigenvalue weighted by Gasteiger charge is -2.28. The van der Waals surface area contributed by atoms with Gasteiger partial charge in [0.2, 0.25) is 5.95 Å². The van der Waals surface area contributed by atoms with Gasteiger partial charge in [0.25, 0.3) is 0 Å². The third kappa shape index (κ3) is 3.33. The fraction of sp³-hybridized carbons (Fsp3) is 0.412. The van der Waals surface area contributed by atoms with Crippen molar-refractivity contribution in [1.29, 1.82) is 0 Å². The molecular weight excluding hydrogens is 346 g/mol. The van der Waals surface area contributed by atoms with Gasteiger partial charge in [0.15, 0.2) is 11.6 Å². The van der Waals surface area contributed by atoms with Crippen molar-refractivity contribution >= 4 is 11.8 Å². The number of nitrogens with two attached hydrogens (primary N) is 1. The van der Waals surface area contributed by atoms with E-state index in [4.69, 9.17) is 5.73 Å². The standard InChI is InChI=1S/C17H20F2N4O3/c1-23(13-4-5-21-17(20)22-13)12-7-9(15(25)16(12)26)14(24)8-2-3-10(18)11(19)6-8/h2-6,9,12,14-16,24-26H,7H2,1H3,(H2,20,21,22)/t9-,12-,14?,15-,16+/m1/s1. The summed E-state index contributed by atoms with van der Waals surface area (Å²) >= 11 is 0. The Bertz CT molecular complexity index is 794. The highest BCUT2D eigenvalue weighted by atomic mass is 19.2. The molecule has 1 fully saturated rings. The highest BCUT2D eigenvalue weighted by Gasteiger charge is 2.47. The zero-order chi connectivity index (χ0) is 19.0. The first kappa shape index (κ1) is 18.4. The molecule has 26 heavy (non-hydrogen) atoms. The van der Waals surface area contributed by atoms with Crippen LogP contribution in [0.4, 0.5) is 20.5 Å². The van der Waals surface area contributed by atoms with Crippen molar-refractivity contribution in [3.8, 4) is 0 Å². The molecule has 1 aliphatic carbocycles. The van der Waals surface area contributed by atoms with Gasteiger partial charge in [0, 0.05) is 19.2 Å². The summed E-state index contributed by atoms with van der Waals surface area (Å²) < 4.78 is 26.5. The minimum absolute atomic E-state index is 0.0701. The molecule has 1 unspecified atom stereocenters. The molecule has 0 bridgehead atoms. The quantitative estimate of drug-likeness (QED) is 0.627. The number of aliphatic hydroxyl groups is 3. The maximum Gasteiger partial charge on any atom is 0.221 e. The molecule has 0 amide bonds. The molecule has 5 atom stereocenters. The van der Waals surface area contributed by atoms with Gasteiger partial charge in [-0.1, -0.05) is 6.07 Å². The minimum Gasteiger partial charge on any atom is -0.390 e. The largest absolute Gasteiger partial charge is 0.390 e. The van der Waals surface area contributed by atoms with Crippen LogP contribution in [0.25, 0.3) is 0 Å². The normalized spacial score (nSPS) is 26.7. The number of hydrogen-bond donors (Lipinski definition) is 4. The minimum atomic E-state index is -1.26. The summed E-state index contributed by atoms with van der Waals surface area (Å²) in [5, 5.41) is 31.3. The number of nitrogen functional groups attached to an aromatic ring is 1. The lowest BCUT2D eigenvalue weighted by molar-refractivity contribution is -0.0232. The van der Waals surface area contributed by atoms with Crippen LogP contribution in [0.1, 0.15) is 18.1 Å². The number of anilines is 2. The van der Waals surface area contributed by atoms with E-state index in [1.807, 2.05) is 0 Å². The Hall–Kier alpha value is -2.36. The van der Waals surface area contributed by atoms with Crippen molar-refractivity contribution in [3.63, 3.8) is 0 Å². The maximum atomic E-state index is 13.4. The summed E-state index contributed by atoms with van der Waals surface area (Å²) in [5.74, 6) is -2.34. The first-order chi connectivity index (χ1) is 12.3. The Kier molecular flexibility index (Phi) is 5.03. The van der Waals surface area contributed by atoms with E-state index in [2.05, 4.69) is 9.97 Å². The van der Waals surface area contributed by atoms with Crippen LogP contribution < -0.4 is 10.6 Å². The SMILES string of the molecule is CN(c1ccnc(N)n1)[C@@H]1C[C@H](C(O)c2ccc(F)c(F)c2)[C@@H](O)[C@H]1O. The Morgan fingerprint density at radius 1 is 1.19 bits per heavy atom. The molecule has 1 aromatic carbocycles. The Morgan fingerprint density at radius 2 is 1.92 bits per heavy atom. The van der Waals surface area contributed by atoms with Crippen molar-refractivity contribution in [2.75, 3.05) is 17.7 Å². The van der Waals surface area contributed by atoms with Gasteiger partial charge in [-0.2, -0.15) is 4.98 Å². The summed E-state index contributed by atoms with van der Waals surface area (Å²) in [7, 11) is 1.68. The van der Waals surface area contributed by atoms with Crippen LogP contribution in [0.3, 0.4) is 0 Å². The van der Waals surface area contributed by atoms with Crippen LogP contribution in [-0.4, -0.2) is 50.6 Å². The van der Waals surface area contributed by atoms with Gasteiger partial charge in [-0.25, -0.2) is 13.8 Å². The second kappa shape index (κ2) is 7.10. The Labute approximate surface area is 148 Å². The predicted molar refractivity (Wildman–Crippen MR) is 90.1 cm³/mol. The molecule has 1 saturated carbocycles. The number of aromatic nitrogens is 2. The highest BCUT2D eigenvalue weighted by molar-refractivity contribution is 5.42. The van der Waals surface area contributed by atoms with E-state index < -0.39 is 41.9 Å². The van der Waals surface area contributed by atoms with E-state index in [0.29, 0.717) is 5.82 Å². The van der Waals surface area contributed by atoms with Crippen molar-refractivity contribution in [2.24, 2.45) is 5.92 Å². The lowest BCUT2D eigenvalue weighted by atomic mass is 9.92. The van der Waals surface area contributed by atoms with Gasteiger partial charge in [-0.3, -0.25) is 0 Å².